The summed E-state index contributed by atoms with van der Waals surface area (Å²) in [5.74, 6) is 0.322. The van der Waals surface area contributed by atoms with Crippen molar-refractivity contribution < 1.29 is 9.84 Å². The van der Waals surface area contributed by atoms with Gasteiger partial charge in [-0.05, 0) is 13.0 Å². The minimum atomic E-state index is -0.882. The van der Waals surface area contributed by atoms with E-state index < -0.39 is 6.10 Å². The van der Waals surface area contributed by atoms with Gasteiger partial charge >= 0.3 is 0 Å². The molecule has 0 bridgehead atoms. The molecule has 5 heteroatoms. The monoisotopic (exact) mass is 231 g/mol. The molecule has 0 amide bonds. The van der Waals surface area contributed by atoms with Crippen molar-refractivity contribution in [3.05, 3.63) is 47.7 Å². The Hall–Kier alpha value is -2.01. The van der Waals surface area contributed by atoms with E-state index in [0.29, 0.717) is 17.1 Å². The molecule has 0 saturated heterocycles. The normalized spacial score (nSPS) is 12.2. The quantitative estimate of drug-likeness (QED) is 0.861. The van der Waals surface area contributed by atoms with Crippen LogP contribution >= 0.6 is 0 Å². The summed E-state index contributed by atoms with van der Waals surface area (Å²) >= 11 is 0. The summed E-state index contributed by atoms with van der Waals surface area (Å²) in [4.78, 5) is 12.2. The van der Waals surface area contributed by atoms with Crippen LogP contribution in [0.15, 0.2) is 30.7 Å². The molecule has 0 saturated carbocycles. The van der Waals surface area contributed by atoms with Crippen LogP contribution in [-0.2, 0) is 0 Å². The molecule has 5 nitrogen and oxygen atoms in total. The fourth-order valence-corrected chi connectivity index (χ4v) is 1.61. The van der Waals surface area contributed by atoms with E-state index in [4.69, 9.17) is 4.74 Å². The van der Waals surface area contributed by atoms with Gasteiger partial charge in [-0.15, -0.1) is 0 Å². The number of methoxy groups -OCH3 is 1. The van der Waals surface area contributed by atoms with Gasteiger partial charge in [-0.3, -0.25) is 9.97 Å². The lowest BCUT2D eigenvalue weighted by Gasteiger charge is -2.14. The number of ether oxygens (including phenoxy) is 1. The molecule has 2 rings (SSSR count). The van der Waals surface area contributed by atoms with E-state index in [1.807, 2.05) is 6.92 Å². The first-order chi connectivity index (χ1) is 8.24. The van der Waals surface area contributed by atoms with Crippen molar-refractivity contribution in [2.45, 2.75) is 13.0 Å². The minimum absolute atomic E-state index is 0.322. The van der Waals surface area contributed by atoms with E-state index in [0.717, 1.165) is 5.69 Å². The van der Waals surface area contributed by atoms with Crippen LogP contribution in [0.5, 0.6) is 5.88 Å². The number of aliphatic hydroxyl groups excluding tert-OH is 1. The Morgan fingerprint density at radius 1 is 1.18 bits per heavy atom. The molecule has 1 N–H and O–H groups in total. The van der Waals surface area contributed by atoms with Crippen molar-refractivity contribution in [3.63, 3.8) is 0 Å². The molecule has 2 aromatic heterocycles. The van der Waals surface area contributed by atoms with E-state index in [1.54, 1.807) is 18.3 Å². The highest BCUT2D eigenvalue weighted by atomic mass is 16.5. The van der Waals surface area contributed by atoms with E-state index >= 15 is 0 Å². The van der Waals surface area contributed by atoms with Crippen LogP contribution in [0.25, 0.3) is 0 Å². The number of aromatic nitrogens is 3. The van der Waals surface area contributed by atoms with Crippen LogP contribution < -0.4 is 4.74 Å². The Balaban J connectivity index is 2.44. The third kappa shape index (κ3) is 2.24. The van der Waals surface area contributed by atoms with Gasteiger partial charge in [-0.25, -0.2) is 4.98 Å². The van der Waals surface area contributed by atoms with Gasteiger partial charge in [-0.1, -0.05) is 6.07 Å². The van der Waals surface area contributed by atoms with E-state index in [9.17, 15) is 5.11 Å². The van der Waals surface area contributed by atoms with Crippen LogP contribution in [0.2, 0.25) is 0 Å². The first-order valence-corrected chi connectivity index (χ1v) is 5.18. The SMILES string of the molecule is COc1nccnc1C(O)c1cccnc1C. The smallest absolute Gasteiger partial charge is 0.238 e. The van der Waals surface area contributed by atoms with Crippen molar-refractivity contribution in [2.24, 2.45) is 0 Å². The maximum atomic E-state index is 10.3. The fraction of sp³-hybridized carbons (Fsp3) is 0.250. The summed E-state index contributed by atoms with van der Waals surface area (Å²) in [5, 5.41) is 10.3. The Morgan fingerprint density at radius 3 is 2.65 bits per heavy atom. The molecule has 0 spiro atoms. The lowest BCUT2D eigenvalue weighted by atomic mass is 10.1. The fourth-order valence-electron chi connectivity index (χ4n) is 1.61. The third-order valence-corrected chi connectivity index (χ3v) is 2.49. The molecule has 0 fully saturated rings. The predicted molar refractivity (Wildman–Crippen MR) is 61.6 cm³/mol. The van der Waals surface area contributed by atoms with Gasteiger partial charge in [0.25, 0.3) is 0 Å². The van der Waals surface area contributed by atoms with Crippen LogP contribution in [0.1, 0.15) is 23.1 Å². The van der Waals surface area contributed by atoms with Crippen LogP contribution in [-0.4, -0.2) is 27.2 Å². The van der Waals surface area contributed by atoms with Crippen molar-refractivity contribution in [3.8, 4) is 5.88 Å². The summed E-state index contributed by atoms with van der Waals surface area (Å²) in [5.41, 5.74) is 1.85. The molecule has 88 valence electrons. The van der Waals surface area contributed by atoms with Crippen LogP contribution in [0, 0.1) is 6.92 Å². The first kappa shape index (κ1) is 11.5. The standard InChI is InChI=1S/C12H13N3O2/c1-8-9(4-3-5-13-8)11(16)10-12(17-2)15-7-6-14-10/h3-7,11,16H,1-2H3. The van der Waals surface area contributed by atoms with Crippen LogP contribution in [0.4, 0.5) is 0 Å². The highest BCUT2D eigenvalue weighted by molar-refractivity contribution is 5.32. The zero-order chi connectivity index (χ0) is 12.3. The Kier molecular flexibility index (Phi) is 3.30. The Morgan fingerprint density at radius 2 is 1.94 bits per heavy atom. The molecule has 17 heavy (non-hydrogen) atoms. The van der Waals surface area contributed by atoms with Gasteiger partial charge in [-0.2, -0.15) is 0 Å². The third-order valence-electron chi connectivity index (χ3n) is 2.49. The number of hydrogen-bond donors (Lipinski definition) is 1. The van der Waals surface area contributed by atoms with Gasteiger partial charge in [0.05, 0.1) is 7.11 Å². The number of hydrogen-bond acceptors (Lipinski definition) is 5. The Labute approximate surface area is 99.2 Å². The maximum Gasteiger partial charge on any atom is 0.238 e. The predicted octanol–water partition coefficient (Wildman–Crippen LogP) is 1.27. The zero-order valence-electron chi connectivity index (χ0n) is 9.66. The second-order valence-electron chi connectivity index (χ2n) is 3.53. The summed E-state index contributed by atoms with van der Waals surface area (Å²) in [6.45, 7) is 1.83. The number of aryl methyl sites for hydroxylation is 1. The second kappa shape index (κ2) is 4.88. The molecule has 2 aromatic rings. The molecule has 0 aliphatic rings. The maximum absolute atomic E-state index is 10.3. The van der Waals surface area contributed by atoms with E-state index in [2.05, 4.69) is 15.0 Å². The van der Waals surface area contributed by atoms with E-state index in [1.165, 1.54) is 19.5 Å². The van der Waals surface area contributed by atoms with Gasteiger partial charge < -0.3 is 9.84 Å². The highest BCUT2D eigenvalue weighted by Gasteiger charge is 2.19. The van der Waals surface area contributed by atoms with Gasteiger partial charge in [0.15, 0.2) is 0 Å². The molecule has 1 unspecified atom stereocenters. The van der Waals surface area contributed by atoms with Crippen molar-refractivity contribution in [1.82, 2.24) is 15.0 Å². The Bertz CT molecular complexity index is 517. The molecular formula is C12H13N3O2. The first-order valence-electron chi connectivity index (χ1n) is 5.18. The van der Waals surface area contributed by atoms with Crippen molar-refractivity contribution in [1.29, 1.82) is 0 Å². The number of pyridine rings is 1. The molecule has 0 radical (unpaired) electrons. The van der Waals surface area contributed by atoms with Crippen molar-refractivity contribution >= 4 is 0 Å². The highest BCUT2D eigenvalue weighted by Crippen LogP contribution is 2.26. The summed E-state index contributed by atoms with van der Waals surface area (Å²) in [7, 11) is 1.50. The molecule has 1 atom stereocenters. The minimum Gasteiger partial charge on any atom is -0.480 e. The average molecular weight is 231 g/mol. The lowest BCUT2D eigenvalue weighted by molar-refractivity contribution is 0.206. The molecule has 2 heterocycles. The topological polar surface area (TPSA) is 68.1 Å². The molecule has 0 aliphatic carbocycles. The summed E-state index contributed by atoms with van der Waals surface area (Å²) in [6.07, 6.45) is 3.84. The van der Waals surface area contributed by atoms with Gasteiger partial charge in [0.2, 0.25) is 5.88 Å². The largest absolute Gasteiger partial charge is 0.480 e. The number of rotatable bonds is 3. The summed E-state index contributed by atoms with van der Waals surface area (Å²) < 4.78 is 5.07. The van der Waals surface area contributed by atoms with Crippen molar-refractivity contribution in [2.75, 3.05) is 7.11 Å². The molecular weight excluding hydrogens is 218 g/mol. The zero-order valence-corrected chi connectivity index (χ0v) is 9.66. The van der Waals surface area contributed by atoms with Gasteiger partial charge in [0.1, 0.15) is 11.8 Å². The number of nitrogens with zero attached hydrogens (tertiary/aromatic N) is 3. The lowest BCUT2D eigenvalue weighted by Crippen LogP contribution is -2.08. The van der Waals surface area contributed by atoms with E-state index in [-0.39, 0.29) is 0 Å². The molecule has 0 aliphatic heterocycles. The van der Waals surface area contributed by atoms with Crippen LogP contribution in [0.3, 0.4) is 0 Å². The number of aliphatic hydroxyl groups is 1. The molecule has 0 aromatic carbocycles. The van der Waals surface area contributed by atoms with Gasteiger partial charge in [0, 0.05) is 29.8 Å². The summed E-state index contributed by atoms with van der Waals surface area (Å²) in [6, 6.07) is 3.58. The average Bonchev–Trinajstić information content (AvgIpc) is 2.38. The second-order valence-corrected chi connectivity index (χ2v) is 3.53.